The highest BCUT2D eigenvalue weighted by Gasteiger charge is 2.10. The molecule has 0 radical (unpaired) electrons. The average Bonchev–Trinajstić information content (AvgIpc) is 2.34. The highest BCUT2D eigenvalue weighted by molar-refractivity contribution is 5.69. The molecule has 0 aromatic heterocycles. The maximum atomic E-state index is 11.2. The van der Waals surface area contributed by atoms with Crippen molar-refractivity contribution in [1.29, 1.82) is 0 Å². The van der Waals surface area contributed by atoms with Crippen LogP contribution in [0.3, 0.4) is 0 Å². The fourth-order valence-electron chi connectivity index (χ4n) is 1.91. The Balaban J connectivity index is 2.35. The van der Waals surface area contributed by atoms with Gasteiger partial charge in [-0.1, -0.05) is 12.1 Å². The molecule has 1 aromatic carbocycles. The fraction of sp³-hybridized carbons (Fsp3) is 0.533. The highest BCUT2D eigenvalue weighted by Crippen LogP contribution is 2.24. The van der Waals surface area contributed by atoms with Crippen LogP contribution in [0.1, 0.15) is 43.9 Å². The lowest BCUT2D eigenvalue weighted by Gasteiger charge is -2.15. The third kappa shape index (κ3) is 5.30. The number of nitrogens with one attached hydrogen (secondary N) is 1. The van der Waals surface area contributed by atoms with Crippen LogP contribution in [0.2, 0.25) is 0 Å². The molecule has 4 nitrogen and oxygen atoms in total. The summed E-state index contributed by atoms with van der Waals surface area (Å²) in [5, 5.41) is 13.2. The van der Waals surface area contributed by atoms with Crippen LogP contribution in [-0.2, 0) is 9.53 Å². The largest absolute Gasteiger partial charge is 0.508 e. The number of aryl methyl sites for hydroxylation is 1. The van der Waals surface area contributed by atoms with Crippen molar-refractivity contribution in [3.8, 4) is 5.75 Å². The fourth-order valence-corrected chi connectivity index (χ4v) is 1.91. The van der Waals surface area contributed by atoms with Gasteiger partial charge < -0.3 is 15.2 Å². The molecule has 4 heteroatoms. The Bertz CT molecular complexity index is 418. The third-order valence-corrected chi connectivity index (χ3v) is 2.97. The van der Waals surface area contributed by atoms with Gasteiger partial charge in [0.05, 0.1) is 6.61 Å². The van der Waals surface area contributed by atoms with Gasteiger partial charge in [0.2, 0.25) is 0 Å². The number of benzene rings is 1. The zero-order chi connectivity index (χ0) is 14.3. The molecule has 1 rings (SSSR count). The number of phenolic OH excluding ortho intramolecular Hbond substituents is 1. The Labute approximate surface area is 114 Å². The molecular weight excluding hydrogens is 242 g/mol. The van der Waals surface area contributed by atoms with E-state index in [9.17, 15) is 9.90 Å². The summed E-state index contributed by atoms with van der Waals surface area (Å²) < 4.78 is 4.86. The Kier molecular flexibility index (Phi) is 6.36. The number of phenols is 1. The van der Waals surface area contributed by atoms with Crippen molar-refractivity contribution >= 4 is 5.97 Å². The first-order valence-electron chi connectivity index (χ1n) is 6.73. The molecule has 0 fully saturated rings. The minimum absolute atomic E-state index is 0.0581. The van der Waals surface area contributed by atoms with Crippen LogP contribution < -0.4 is 5.32 Å². The van der Waals surface area contributed by atoms with E-state index in [1.807, 2.05) is 26.0 Å². The van der Waals surface area contributed by atoms with E-state index in [0.717, 1.165) is 17.5 Å². The Morgan fingerprint density at radius 3 is 2.84 bits per heavy atom. The molecular formula is C15H23NO3. The van der Waals surface area contributed by atoms with Crippen LogP contribution in [0.25, 0.3) is 0 Å². The minimum Gasteiger partial charge on any atom is -0.508 e. The first-order valence-corrected chi connectivity index (χ1v) is 6.73. The van der Waals surface area contributed by atoms with Gasteiger partial charge in [0.25, 0.3) is 0 Å². The lowest BCUT2D eigenvalue weighted by molar-refractivity contribution is -0.143. The molecule has 1 unspecified atom stereocenters. The van der Waals surface area contributed by atoms with Gasteiger partial charge in [-0.2, -0.15) is 0 Å². The highest BCUT2D eigenvalue weighted by atomic mass is 16.5. The number of hydrogen-bond acceptors (Lipinski definition) is 4. The number of carbonyl (C=O) groups is 1. The average molecular weight is 265 g/mol. The molecule has 2 N–H and O–H groups in total. The van der Waals surface area contributed by atoms with E-state index in [-0.39, 0.29) is 12.0 Å². The van der Waals surface area contributed by atoms with Gasteiger partial charge in [-0.3, -0.25) is 4.79 Å². The number of hydrogen-bond donors (Lipinski definition) is 2. The van der Waals surface area contributed by atoms with Crippen LogP contribution in [0.5, 0.6) is 5.75 Å². The van der Waals surface area contributed by atoms with Gasteiger partial charge in [-0.05, 0) is 45.4 Å². The molecule has 1 atom stereocenters. The molecule has 0 bridgehead atoms. The van der Waals surface area contributed by atoms with Crippen molar-refractivity contribution < 1.29 is 14.6 Å². The van der Waals surface area contributed by atoms with E-state index in [1.54, 1.807) is 13.0 Å². The predicted molar refractivity (Wildman–Crippen MR) is 75.1 cm³/mol. The Hall–Kier alpha value is -1.55. The number of ether oxygens (including phenoxy) is 1. The zero-order valence-electron chi connectivity index (χ0n) is 11.9. The third-order valence-electron chi connectivity index (χ3n) is 2.97. The molecule has 0 spiro atoms. The topological polar surface area (TPSA) is 58.6 Å². The van der Waals surface area contributed by atoms with E-state index in [4.69, 9.17) is 4.74 Å². The van der Waals surface area contributed by atoms with Crippen molar-refractivity contribution in [2.24, 2.45) is 0 Å². The molecule has 0 saturated carbocycles. The Morgan fingerprint density at radius 1 is 1.47 bits per heavy atom. The van der Waals surface area contributed by atoms with Crippen LogP contribution in [0.15, 0.2) is 18.2 Å². The zero-order valence-corrected chi connectivity index (χ0v) is 11.9. The van der Waals surface area contributed by atoms with Gasteiger partial charge in [0, 0.05) is 18.0 Å². The van der Waals surface area contributed by atoms with Gasteiger partial charge in [0.15, 0.2) is 0 Å². The first kappa shape index (κ1) is 15.5. The number of rotatable bonds is 7. The summed E-state index contributed by atoms with van der Waals surface area (Å²) in [6.45, 7) is 6.89. The first-order chi connectivity index (χ1) is 9.04. The minimum atomic E-state index is -0.157. The van der Waals surface area contributed by atoms with Crippen molar-refractivity contribution in [3.63, 3.8) is 0 Å². The van der Waals surface area contributed by atoms with Crippen LogP contribution in [0.4, 0.5) is 0 Å². The molecule has 0 aliphatic carbocycles. The SMILES string of the molecule is CCOC(=O)CCCNC(C)c1ccc(C)cc1O. The van der Waals surface area contributed by atoms with Gasteiger partial charge in [-0.25, -0.2) is 0 Å². The summed E-state index contributed by atoms with van der Waals surface area (Å²) in [6, 6.07) is 5.72. The maximum absolute atomic E-state index is 11.2. The summed E-state index contributed by atoms with van der Waals surface area (Å²) in [4.78, 5) is 11.2. The second-order valence-electron chi connectivity index (χ2n) is 4.65. The summed E-state index contributed by atoms with van der Waals surface area (Å²) >= 11 is 0. The molecule has 19 heavy (non-hydrogen) atoms. The van der Waals surface area contributed by atoms with Crippen LogP contribution in [-0.4, -0.2) is 24.2 Å². The van der Waals surface area contributed by atoms with Crippen molar-refractivity contribution in [2.45, 2.75) is 39.7 Å². The summed E-state index contributed by atoms with van der Waals surface area (Å²) in [7, 11) is 0. The molecule has 0 aliphatic rings. The molecule has 0 saturated heterocycles. The summed E-state index contributed by atoms with van der Waals surface area (Å²) in [5.74, 6) is 0.153. The normalized spacial score (nSPS) is 12.2. The van der Waals surface area contributed by atoms with Crippen molar-refractivity contribution in [1.82, 2.24) is 5.32 Å². The Morgan fingerprint density at radius 2 is 2.21 bits per heavy atom. The van der Waals surface area contributed by atoms with Gasteiger partial charge >= 0.3 is 5.97 Å². The van der Waals surface area contributed by atoms with Crippen LogP contribution >= 0.6 is 0 Å². The van der Waals surface area contributed by atoms with E-state index in [0.29, 0.717) is 25.3 Å². The van der Waals surface area contributed by atoms with Gasteiger partial charge in [0.1, 0.15) is 5.75 Å². The van der Waals surface area contributed by atoms with E-state index < -0.39 is 0 Å². The van der Waals surface area contributed by atoms with Crippen molar-refractivity contribution in [2.75, 3.05) is 13.2 Å². The number of aromatic hydroxyl groups is 1. The van der Waals surface area contributed by atoms with Crippen LogP contribution in [0, 0.1) is 6.92 Å². The lowest BCUT2D eigenvalue weighted by Crippen LogP contribution is -2.21. The monoisotopic (exact) mass is 265 g/mol. The predicted octanol–water partition coefficient (Wildman–Crippen LogP) is 2.69. The quantitative estimate of drug-likeness (QED) is 0.588. The van der Waals surface area contributed by atoms with E-state index in [2.05, 4.69) is 5.32 Å². The summed E-state index contributed by atoms with van der Waals surface area (Å²) in [5.41, 5.74) is 1.91. The second-order valence-corrected chi connectivity index (χ2v) is 4.65. The van der Waals surface area contributed by atoms with Gasteiger partial charge in [-0.15, -0.1) is 0 Å². The molecule has 0 amide bonds. The smallest absolute Gasteiger partial charge is 0.305 e. The number of esters is 1. The molecule has 0 heterocycles. The molecule has 106 valence electrons. The summed E-state index contributed by atoms with van der Waals surface area (Å²) in [6.07, 6.45) is 1.16. The molecule has 1 aromatic rings. The molecule has 0 aliphatic heterocycles. The van der Waals surface area contributed by atoms with E-state index in [1.165, 1.54) is 0 Å². The standard InChI is InChI=1S/C15H23NO3/c1-4-19-15(18)6-5-9-16-12(3)13-8-7-11(2)10-14(13)17/h7-8,10,12,16-17H,4-6,9H2,1-3H3. The van der Waals surface area contributed by atoms with Crippen molar-refractivity contribution in [3.05, 3.63) is 29.3 Å². The number of carbonyl (C=O) groups excluding carboxylic acids is 1. The lowest BCUT2D eigenvalue weighted by atomic mass is 10.0. The second kappa shape index (κ2) is 7.79. The maximum Gasteiger partial charge on any atom is 0.305 e. The van der Waals surface area contributed by atoms with E-state index >= 15 is 0 Å².